The van der Waals surface area contributed by atoms with Gasteiger partial charge in [0.15, 0.2) is 23.9 Å². The maximum atomic E-state index is 12.8. The van der Waals surface area contributed by atoms with Gasteiger partial charge in [-0.25, -0.2) is 4.79 Å². The van der Waals surface area contributed by atoms with E-state index in [0.29, 0.717) is 47.7 Å². The molecule has 194 valence electrons. The van der Waals surface area contributed by atoms with Gasteiger partial charge in [0.1, 0.15) is 19.8 Å². The van der Waals surface area contributed by atoms with E-state index in [0.717, 1.165) is 4.90 Å². The molecule has 2 heterocycles. The normalized spacial score (nSPS) is 15.6. The van der Waals surface area contributed by atoms with Crippen LogP contribution in [0.1, 0.15) is 12.5 Å². The number of carbonyl (C=O) groups is 4. The smallest absolute Gasteiger partial charge is 0.344 e. The molecule has 0 aromatic heterocycles. The first kappa shape index (κ1) is 26.6. The van der Waals surface area contributed by atoms with E-state index in [2.05, 4.69) is 5.32 Å². The number of hydrogen-bond donors (Lipinski definition) is 1. The SMILES string of the molecule is CCOC(=O)COc1c(Cl)cc(/C=C2\SC(=O)N(CC(=O)Nc3ccc4c(c3)OCCO4)C2=O)cc1Cl. The van der Waals surface area contributed by atoms with Crippen molar-refractivity contribution in [3.63, 3.8) is 0 Å². The molecule has 37 heavy (non-hydrogen) atoms. The molecule has 13 heteroatoms. The Morgan fingerprint density at radius 2 is 1.81 bits per heavy atom. The molecule has 0 saturated carbocycles. The molecule has 0 atom stereocenters. The van der Waals surface area contributed by atoms with E-state index in [9.17, 15) is 19.2 Å². The van der Waals surface area contributed by atoms with Gasteiger partial charge >= 0.3 is 5.97 Å². The molecule has 4 rings (SSSR count). The van der Waals surface area contributed by atoms with Crippen molar-refractivity contribution in [1.82, 2.24) is 4.90 Å². The number of amides is 3. The van der Waals surface area contributed by atoms with E-state index in [1.165, 1.54) is 18.2 Å². The van der Waals surface area contributed by atoms with Gasteiger partial charge in [-0.1, -0.05) is 23.2 Å². The molecule has 2 aliphatic rings. The summed E-state index contributed by atoms with van der Waals surface area (Å²) in [6, 6.07) is 7.84. The minimum absolute atomic E-state index is 0.0810. The van der Waals surface area contributed by atoms with Crippen LogP contribution >= 0.6 is 35.0 Å². The Morgan fingerprint density at radius 3 is 2.51 bits per heavy atom. The van der Waals surface area contributed by atoms with Gasteiger partial charge in [0.2, 0.25) is 5.91 Å². The zero-order valence-electron chi connectivity index (χ0n) is 19.4. The molecular formula is C24H20Cl2N2O8S. The van der Waals surface area contributed by atoms with Gasteiger partial charge in [0.05, 0.1) is 21.6 Å². The lowest BCUT2D eigenvalue weighted by Crippen LogP contribution is -2.36. The highest BCUT2D eigenvalue weighted by Crippen LogP contribution is 2.37. The van der Waals surface area contributed by atoms with Crippen molar-refractivity contribution < 1.29 is 38.1 Å². The van der Waals surface area contributed by atoms with Crippen molar-refractivity contribution in [3.8, 4) is 17.2 Å². The topological polar surface area (TPSA) is 120 Å². The zero-order chi connectivity index (χ0) is 26.5. The van der Waals surface area contributed by atoms with E-state index in [-0.39, 0.29) is 33.9 Å². The molecule has 2 aromatic carbocycles. The number of nitrogens with one attached hydrogen (secondary N) is 1. The van der Waals surface area contributed by atoms with Gasteiger partial charge in [-0.2, -0.15) is 0 Å². The molecule has 2 aromatic rings. The largest absolute Gasteiger partial charge is 0.486 e. The number of ether oxygens (including phenoxy) is 4. The molecule has 0 spiro atoms. The first-order chi connectivity index (χ1) is 17.7. The Kier molecular flexibility index (Phi) is 8.47. The van der Waals surface area contributed by atoms with Gasteiger partial charge in [-0.3, -0.25) is 19.3 Å². The fourth-order valence-corrected chi connectivity index (χ4v) is 4.84. The average molecular weight is 567 g/mol. The second-order valence-electron chi connectivity index (χ2n) is 7.58. The molecule has 0 aliphatic carbocycles. The summed E-state index contributed by atoms with van der Waals surface area (Å²) in [4.78, 5) is 50.2. The Balaban J connectivity index is 1.41. The fourth-order valence-electron chi connectivity index (χ4n) is 3.39. The van der Waals surface area contributed by atoms with Crippen molar-refractivity contribution in [1.29, 1.82) is 0 Å². The van der Waals surface area contributed by atoms with Crippen LogP contribution in [0.5, 0.6) is 17.2 Å². The summed E-state index contributed by atoms with van der Waals surface area (Å²) in [7, 11) is 0. The highest BCUT2D eigenvalue weighted by atomic mass is 35.5. The first-order valence-corrected chi connectivity index (χ1v) is 12.5. The third kappa shape index (κ3) is 6.48. The zero-order valence-corrected chi connectivity index (χ0v) is 21.7. The van der Waals surface area contributed by atoms with Crippen molar-refractivity contribution in [2.45, 2.75) is 6.92 Å². The van der Waals surface area contributed by atoms with E-state index in [1.807, 2.05) is 0 Å². The molecule has 10 nitrogen and oxygen atoms in total. The summed E-state index contributed by atoms with van der Waals surface area (Å²) in [6.45, 7) is 1.86. The number of nitrogens with zero attached hydrogens (tertiary/aromatic N) is 1. The second-order valence-corrected chi connectivity index (χ2v) is 9.39. The molecule has 1 N–H and O–H groups in total. The number of carbonyl (C=O) groups excluding carboxylic acids is 4. The van der Waals surface area contributed by atoms with E-state index >= 15 is 0 Å². The Bertz CT molecular complexity index is 1280. The predicted octanol–water partition coefficient (Wildman–Crippen LogP) is 4.38. The van der Waals surface area contributed by atoms with Crippen LogP contribution in [0.4, 0.5) is 10.5 Å². The van der Waals surface area contributed by atoms with Crippen LogP contribution in [0.3, 0.4) is 0 Å². The Labute approximate surface area is 225 Å². The van der Waals surface area contributed by atoms with Crippen LogP contribution in [0.2, 0.25) is 10.0 Å². The molecule has 0 radical (unpaired) electrons. The van der Waals surface area contributed by atoms with Gasteiger partial charge in [-0.05, 0) is 54.6 Å². The predicted molar refractivity (Wildman–Crippen MR) is 137 cm³/mol. The lowest BCUT2D eigenvalue weighted by Gasteiger charge is -2.19. The van der Waals surface area contributed by atoms with Crippen LogP contribution in [-0.4, -0.2) is 60.9 Å². The molecular weight excluding hydrogens is 547 g/mol. The maximum absolute atomic E-state index is 12.8. The number of anilines is 1. The minimum atomic E-state index is -0.637. The molecule has 0 bridgehead atoms. The van der Waals surface area contributed by atoms with Gasteiger partial charge in [0.25, 0.3) is 11.1 Å². The van der Waals surface area contributed by atoms with Crippen LogP contribution in [0.15, 0.2) is 35.2 Å². The van der Waals surface area contributed by atoms with Gasteiger partial charge < -0.3 is 24.3 Å². The monoisotopic (exact) mass is 566 g/mol. The second kappa shape index (κ2) is 11.8. The summed E-state index contributed by atoms with van der Waals surface area (Å²) in [5.41, 5.74) is 0.857. The molecule has 1 saturated heterocycles. The van der Waals surface area contributed by atoms with Crippen LogP contribution in [0, 0.1) is 0 Å². The Hall–Kier alpha value is -3.41. The average Bonchev–Trinajstić information content (AvgIpc) is 3.10. The number of thioether (sulfide) groups is 1. The fraction of sp³-hybridized carbons (Fsp3) is 0.250. The number of rotatable bonds is 8. The first-order valence-electron chi connectivity index (χ1n) is 11.0. The standard InChI is InChI=1S/C24H20Cl2N2O8S/c1-2-33-21(30)12-36-22-15(25)7-13(8-16(22)26)9-19-23(31)28(24(32)37-19)11-20(29)27-14-3-4-17-18(10-14)35-6-5-34-17/h3-4,7-10H,2,5-6,11-12H2,1H3,(H,27,29)/b19-9-. The third-order valence-electron chi connectivity index (χ3n) is 4.96. The lowest BCUT2D eigenvalue weighted by molar-refractivity contribution is -0.145. The number of imide groups is 1. The van der Waals surface area contributed by atoms with Crippen LogP contribution in [0.25, 0.3) is 6.08 Å². The number of halogens is 2. The Morgan fingerprint density at radius 1 is 1.11 bits per heavy atom. The van der Waals surface area contributed by atoms with Crippen LogP contribution in [-0.2, 0) is 19.1 Å². The molecule has 2 aliphatic heterocycles. The van der Waals surface area contributed by atoms with Crippen molar-refractivity contribution >= 4 is 69.8 Å². The quantitative estimate of drug-likeness (QED) is 0.366. The molecule has 1 fully saturated rings. The van der Waals surface area contributed by atoms with E-state index in [1.54, 1.807) is 25.1 Å². The third-order valence-corrected chi connectivity index (χ3v) is 6.43. The van der Waals surface area contributed by atoms with Crippen molar-refractivity contribution in [3.05, 3.63) is 50.8 Å². The number of fused-ring (bicyclic) bond motifs is 1. The number of hydrogen-bond acceptors (Lipinski definition) is 9. The summed E-state index contributed by atoms with van der Waals surface area (Å²) in [5, 5.41) is 2.24. The highest BCUT2D eigenvalue weighted by molar-refractivity contribution is 8.18. The van der Waals surface area contributed by atoms with E-state index < -0.39 is 29.6 Å². The number of esters is 1. The maximum Gasteiger partial charge on any atom is 0.344 e. The van der Waals surface area contributed by atoms with E-state index in [4.69, 9.17) is 42.1 Å². The van der Waals surface area contributed by atoms with Gasteiger partial charge in [-0.15, -0.1) is 0 Å². The molecule has 3 amide bonds. The van der Waals surface area contributed by atoms with Crippen molar-refractivity contribution in [2.75, 3.05) is 38.3 Å². The minimum Gasteiger partial charge on any atom is -0.486 e. The van der Waals surface area contributed by atoms with Crippen LogP contribution < -0.4 is 19.5 Å². The number of benzene rings is 2. The van der Waals surface area contributed by atoms with Crippen molar-refractivity contribution in [2.24, 2.45) is 0 Å². The lowest BCUT2D eigenvalue weighted by atomic mass is 10.2. The summed E-state index contributed by atoms with van der Waals surface area (Å²) < 4.78 is 21.1. The summed E-state index contributed by atoms with van der Waals surface area (Å²) in [6.07, 6.45) is 1.43. The molecule has 0 unspecified atom stereocenters. The highest BCUT2D eigenvalue weighted by Gasteiger charge is 2.36. The van der Waals surface area contributed by atoms with Gasteiger partial charge in [0, 0.05) is 11.8 Å². The summed E-state index contributed by atoms with van der Waals surface area (Å²) in [5.74, 6) is -0.633. The summed E-state index contributed by atoms with van der Waals surface area (Å²) >= 11 is 13.2.